The van der Waals surface area contributed by atoms with Crippen LogP contribution in [-0.2, 0) is 20.1 Å². The van der Waals surface area contributed by atoms with E-state index in [0.29, 0.717) is 34.2 Å². The van der Waals surface area contributed by atoms with E-state index in [1.54, 1.807) is 20.2 Å². The molecule has 138 valence electrons. The lowest BCUT2D eigenvalue weighted by Crippen LogP contribution is -2.36. The minimum atomic E-state index is 0. The number of ether oxygens (including phenoxy) is 1. The zero-order valence-electron chi connectivity index (χ0n) is 14.1. The number of benzene rings is 1. The summed E-state index contributed by atoms with van der Waals surface area (Å²) >= 11 is 18.1. The Morgan fingerprint density at radius 3 is 2.40 bits per heavy atom. The summed E-state index contributed by atoms with van der Waals surface area (Å²) in [5.74, 6) is 1.38. The summed E-state index contributed by atoms with van der Waals surface area (Å²) in [6.07, 6.45) is 0. The number of aromatic nitrogens is 1. The Morgan fingerprint density at radius 2 is 1.84 bits per heavy atom. The molecular weight excluding hydrogens is 497 g/mol. The van der Waals surface area contributed by atoms with Crippen LogP contribution in [0.2, 0.25) is 15.2 Å². The third kappa shape index (κ3) is 5.84. The minimum absolute atomic E-state index is 0. The first-order valence-corrected chi connectivity index (χ1v) is 8.36. The Balaban J connectivity index is 0.00000312. The lowest BCUT2D eigenvalue weighted by atomic mass is 10.2. The fourth-order valence-corrected chi connectivity index (χ4v) is 2.77. The maximum absolute atomic E-state index is 6.07. The third-order valence-corrected chi connectivity index (χ3v) is 4.65. The number of guanidine groups is 1. The summed E-state index contributed by atoms with van der Waals surface area (Å²) in [7, 11) is 5.19. The van der Waals surface area contributed by atoms with Crippen molar-refractivity contribution in [3.05, 3.63) is 50.7 Å². The minimum Gasteiger partial charge on any atom is -0.496 e. The van der Waals surface area contributed by atoms with E-state index in [2.05, 4.69) is 15.6 Å². The number of aliphatic imine (C=N–C) groups is 1. The molecule has 0 saturated heterocycles. The predicted molar refractivity (Wildman–Crippen MR) is 116 cm³/mol. The van der Waals surface area contributed by atoms with Gasteiger partial charge in [-0.15, -0.1) is 24.0 Å². The van der Waals surface area contributed by atoms with Crippen LogP contribution in [0.25, 0.3) is 0 Å². The Kier molecular flexibility index (Phi) is 9.20. The molecule has 0 amide bonds. The van der Waals surface area contributed by atoms with Crippen molar-refractivity contribution in [2.45, 2.75) is 13.1 Å². The monoisotopic (exact) mass is 516 g/mol. The van der Waals surface area contributed by atoms with E-state index in [4.69, 9.17) is 39.5 Å². The van der Waals surface area contributed by atoms with Crippen LogP contribution in [0, 0.1) is 0 Å². The van der Waals surface area contributed by atoms with Crippen LogP contribution in [-0.4, -0.2) is 24.7 Å². The average Bonchev–Trinajstić information content (AvgIpc) is 2.83. The molecule has 0 bridgehead atoms. The molecule has 0 unspecified atom stereocenters. The number of hydrogen-bond acceptors (Lipinski definition) is 2. The number of methoxy groups -OCH3 is 1. The van der Waals surface area contributed by atoms with Gasteiger partial charge in [0.2, 0.25) is 0 Å². The number of hydrogen-bond donors (Lipinski definition) is 2. The van der Waals surface area contributed by atoms with Gasteiger partial charge in [-0.3, -0.25) is 4.99 Å². The van der Waals surface area contributed by atoms with Crippen LogP contribution < -0.4 is 15.4 Å². The van der Waals surface area contributed by atoms with Crippen molar-refractivity contribution >= 4 is 64.7 Å². The largest absolute Gasteiger partial charge is 0.496 e. The smallest absolute Gasteiger partial charge is 0.191 e. The molecular formula is C16H20Cl3IN4O. The summed E-state index contributed by atoms with van der Waals surface area (Å²) in [5.41, 5.74) is 1.94. The van der Waals surface area contributed by atoms with E-state index in [9.17, 15) is 0 Å². The van der Waals surface area contributed by atoms with Gasteiger partial charge in [0.25, 0.3) is 0 Å². The second-order valence-electron chi connectivity index (χ2n) is 5.07. The van der Waals surface area contributed by atoms with Gasteiger partial charge in [-0.05, 0) is 18.2 Å². The predicted octanol–water partition coefficient (Wildman–Crippen LogP) is 4.48. The normalized spacial score (nSPS) is 11.0. The molecule has 0 fully saturated rings. The molecule has 0 spiro atoms. The lowest BCUT2D eigenvalue weighted by molar-refractivity contribution is 0.409. The van der Waals surface area contributed by atoms with Crippen LogP contribution >= 0.6 is 58.8 Å². The molecule has 2 rings (SSSR count). The standard InChI is InChI=1S/C16H19Cl3N4O.HI/c1-20-16(22-9-12-7-13(18)15(19)23(12)2)21-8-10-4-5-11(17)6-14(10)24-3;/h4-7H,8-9H2,1-3H3,(H2,20,21,22);1H. The van der Waals surface area contributed by atoms with E-state index >= 15 is 0 Å². The number of halogens is 4. The highest BCUT2D eigenvalue weighted by Gasteiger charge is 2.10. The quantitative estimate of drug-likeness (QED) is 0.350. The van der Waals surface area contributed by atoms with Gasteiger partial charge in [0.1, 0.15) is 10.9 Å². The first-order chi connectivity index (χ1) is 11.5. The van der Waals surface area contributed by atoms with Crippen molar-refractivity contribution in [2.75, 3.05) is 14.2 Å². The molecule has 5 nitrogen and oxygen atoms in total. The van der Waals surface area contributed by atoms with Crippen LogP contribution in [0.1, 0.15) is 11.3 Å². The van der Waals surface area contributed by atoms with Gasteiger partial charge < -0.3 is 19.9 Å². The Bertz CT molecular complexity index is 749. The zero-order chi connectivity index (χ0) is 17.7. The highest BCUT2D eigenvalue weighted by molar-refractivity contribution is 14.0. The molecule has 0 saturated carbocycles. The van der Waals surface area contributed by atoms with Crippen LogP contribution in [0.5, 0.6) is 5.75 Å². The summed E-state index contributed by atoms with van der Waals surface area (Å²) < 4.78 is 7.16. The van der Waals surface area contributed by atoms with E-state index < -0.39 is 0 Å². The van der Waals surface area contributed by atoms with E-state index in [1.807, 2.05) is 29.8 Å². The first-order valence-electron chi connectivity index (χ1n) is 7.22. The van der Waals surface area contributed by atoms with E-state index in [1.165, 1.54) is 0 Å². The highest BCUT2D eigenvalue weighted by Crippen LogP contribution is 2.25. The molecule has 2 aromatic rings. The molecule has 0 radical (unpaired) electrons. The number of nitrogens with one attached hydrogen (secondary N) is 2. The van der Waals surface area contributed by atoms with Crippen LogP contribution in [0.4, 0.5) is 0 Å². The Hall–Kier alpha value is -0.830. The van der Waals surface area contributed by atoms with Gasteiger partial charge in [-0.25, -0.2) is 0 Å². The number of nitrogens with zero attached hydrogens (tertiary/aromatic N) is 2. The Labute approximate surface area is 179 Å². The maximum Gasteiger partial charge on any atom is 0.191 e. The summed E-state index contributed by atoms with van der Waals surface area (Å²) in [6.45, 7) is 1.09. The van der Waals surface area contributed by atoms with Crippen molar-refractivity contribution < 1.29 is 4.74 Å². The van der Waals surface area contributed by atoms with Crippen LogP contribution in [0.3, 0.4) is 0 Å². The summed E-state index contributed by atoms with van der Waals surface area (Å²) in [6, 6.07) is 7.35. The molecule has 0 aliphatic heterocycles. The summed E-state index contributed by atoms with van der Waals surface area (Å²) in [4.78, 5) is 4.20. The highest BCUT2D eigenvalue weighted by atomic mass is 127. The maximum atomic E-state index is 6.07. The molecule has 1 aromatic heterocycles. The van der Waals surface area contributed by atoms with Gasteiger partial charge in [0, 0.05) is 36.9 Å². The van der Waals surface area contributed by atoms with Crippen molar-refractivity contribution in [1.82, 2.24) is 15.2 Å². The van der Waals surface area contributed by atoms with Crippen molar-refractivity contribution in [3.63, 3.8) is 0 Å². The van der Waals surface area contributed by atoms with Gasteiger partial charge >= 0.3 is 0 Å². The molecule has 0 atom stereocenters. The average molecular weight is 518 g/mol. The van der Waals surface area contributed by atoms with Gasteiger partial charge in [-0.1, -0.05) is 40.9 Å². The fourth-order valence-electron chi connectivity index (χ4n) is 2.20. The van der Waals surface area contributed by atoms with Crippen molar-refractivity contribution in [2.24, 2.45) is 12.0 Å². The zero-order valence-corrected chi connectivity index (χ0v) is 18.7. The van der Waals surface area contributed by atoms with Crippen molar-refractivity contribution in [3.8, 4) is 5.75 Å². The SMILES string of the molecule is CN=C(NCc1ccc(Cl)cc1OC)NCc1cc(Cl)c(Cl)n1C.I. The second kappa shape index (κ2) is 10.4. The van der Waals surface area contributed by atoms with E-state index in [-0.39, 0.29) is 24.0 Å². The molecule has 1 aromatic carbocycles. The van der Waals surface area contributed by atoms with Gasteiger partial charge in [0.05, 0.1) is 18.7 Å². The fraction of sp³-hybridized carbons (Fsp3) is 0.312. The van der Waals surface area contributed by atoms with Crippen LogP contribution in [0.15, 0.2) is 29.3 Å². The summed E-state index contributed by atoms with van der Waals surface area (Å²) in [5, 5.41) is 8.13. The molecule has 25 heavy (non-hydrogen) atoms. The third-order valence-electron chi connectivity index (χ3n) is 3.57. The number of rotatable bonds is 5. The van der Waals surface area contributed by atoms with Gasteiger partial charge in [-0.2, -0.15) is 0 Å². The molecule has 2 N–H and O–H groups in total. The molecule has 1 heterocycles. The molecule has 9 heteroatoms. The molecule has 0 aliphatic carbocycles. The Morgan fingerprint density at radius 1 is 1.16 bits per heavy atom. The van der Waals surface area contributed by atoms with E-state index in [0.717, 1.165) is 17.0 Å². The first kappa shape index (κ1) is 22.2. The van der Waals surface area contributed by atoms with Crippen molar-refractivity contribution in [1.29, 1.82) is 0 Å². The second-order valence-corrected chi connectivity index (χ2v) is 6.27. The molecule has 0 aliphatic rings. The lowest BCUT2D eigenvalue weighted by Gasteiger charge is -2.14. The topological polar surface area (TPSA) is 50.6 Å². The van der Waals surface area contributed by atoms with Gasteiger partial charge in [0.15, 0.2) is 5.96 Å².